The van der Waals surface area contributed by atoms with Crippen molar-refractivity contribution in [3.8, 4) is 0 Å². The lowest BCUT2D eigenvalue weighted by atomic mass is 9.78. The Morgan fingerprint density at radius 2 is 2.04 bits per heavy atom. The zero-order valence-electron chi connectivity index (χ0n) is 14.0. The van der Waals surface area contributed by atoms with E-state index in [0.29, 0.717) is 5.69 Å². The molecule has 0 aromatic carbocycles. The minimum absolute atomic E-state index is 0.0331. The van der Waals surface area contributed by atoms with Crippen molar-refractivity contribution in [2.24, 2.45) is 5.41 Å². The Kier molecular flexibility index (Phi) is 4.63. The van der Waals surface area contributed by atoms with Gasteiger partial charge in [0, 0.05) is 55.6 Å². The molecule has 2 fully saturated rings. The van der Waals surface area contributed by atoms with Crippen LogP contribution in [0.5, 0.6) is 0 Å². The maximum atomic E-state index is 12.6. The first-order valence-corrected chi connectivity index (χ1v) is 9.41. The van der Waals surface area contributed by atoms with Crippen LogP contribution in [-0.2, 0) is 4.74 Å². The third kappa shape index (κ3) is 3.50. The van der Waals surface area contributed by atoms with E-state index in [0.717, 1.165) is 57.4 Å². The maximum absolute atomic E-state index is 12.6. The number of anilines is 1. The van der Waals surface area contributed by atoms with Gasteiger partial charge in [0.05, 0.1) is 19.4 Å². The lowest BCUT2D eigenvalue weighted by Crippen LogP contribution is -2.49. The number of carbonyl (C=O) groups is 1. The number of nitrogens with zero attached hydrogens (tertiary/aromatic N) is 5. The van der Waals surface area contributed by atoms with Crippen LogP contribution in [0.15, 0.2) is 30.2 Å². The molecule has 2 aliphatic rings. The van der Waals surface area contributed by atoms with Crippen LogP contribution in [0.1, 0.15) is 23.3 Å². The molecule has 25 heavy (non-hydrogen) atoms. The minimum atomic E-state index is -0.0331. The van der Waals surface area contributed by atoms with Gasteiger partial charge in [-0.2, -0.15) is 0 Å². The van der Waals surface area contributed by atoms with Gasteiger partial charge in [-0.1, -0.05) is 0 Å². The third-order valence-corrected chi connectivity index (χ3v) is 5.86. The average Bonchev–Trinajstić information content (AvgIpc) is 3.12. The highest BCUT2D eigenvalue weighted by molar-refractivity contribution is 7.13. The van der Waals surface area contributed by atoms with Crippen molar-refractivity contribution in [2.45, 2.75) is 12.8 Å². The molecule has 4 heterocycles. The van der Waals surface area contributed by atoms with E-state index in [1.54, 1.807) is 23.7 Å². The number of carbonyl (C=O) groups excluding carboxylic acids is 1. The van der Waals surface area contributed by atoms with Crippen molar-refractivity contribution in [3.05, 3.63) is 35.9 Å². The molecule has 0 aliphatic carbocycles. The number of piperidine rings is 1. The summed E-state index contributed by atoms with van der Waals surface area (Å²) in [5, 5.41) is 3.07. The van der Waals surface area contributed by atoms with E-state index in [2.05, 4.69) is 19.9 Å². The van der Waals surface area contributed by atoms with Gasteiger partial charge in [0.15, 0.2) is 5.13 Å². The number of hydrogen-bond acceptors (Lipinski definition) is 7. The molecule has 2 saturated heterocycles. The van der Waals surface area contributed by atoms with Gasteiger partial charge in [0.1, 0.15) is 5.69 Å². The van der Waals surface area contributed by atoms with Crippen molar-refractivity contribution in [3.63, 3.8) is 0 Å². The van der Waals surface area contributed by atoms with Crippen molar-refractivity contribution in [2.75, 3.05) is 44.3 Å². The molecule has 1 amide bonds. The van der Waals surface area contributed by atoms with Crippen molar-refractivity contribution in [1.29, 1.82) is 0 Å². The Morgan fingerprint density at radius 3 is 2.76 bits per heavy atom. The summed E-state index contributed by atoms with van der Waals surface area (Å²) in [4.78, 5) is 29.3. The normalized spacial score (nSPS) is 20.5. The van der Waals surface area contributed by atoms with Crippen molar-refractivity contribution < 1.29 is 9.53 Å². The van der Waals surface area contributed by atoms with Crippen molar-refractivity contribution in [1.82, 2.24) is 19.9 Å². The van der Waals surface area contributed by atoms with Crippen LogP contribution in [0.2, 0.25) is 0 Å². The Labute approximate surface area is 150 Å². The second-order valence-electron chi connectivity index (χ2n) is 6.67. The number of amides is 1. The van der Waals surface area contributed by atoms with E-state index in [1.807, 2.05) is 16.5 Å². The quantitative estimate of drug-likeness (QED) is 0.813. The van der Waals surface area contributed by atoms with E-state index in [9.17, 15) is 4.79 Å². The van der Waals surface area contributed by atoms with Crippen LogP contribution in [0.3, 0.4) is 0 Å². The lowest BCUT2D eigenvalue weighted by molar-refractivity contribution is 0.0205. The Balaban J connectivity index is 1.43. The predicted octanol–water partition coefficient (Wildman–Crippen LogP) is 1.69. The molecule has 0 N–H and O–H groups in total. The molecule has 0 atom stereocenters. The van der Waals surface area contributed by atoms with Crippen LogP contribution in [0, 0.1) is 5.41 Å². The molecule has 0 radical (unpaired) electrons. The first kappa shape index (κ1) is 16.4. The molecule has 2 aromatic heterocycles. The van der Waals surface area contributed by atoms with Gasteiger partial charge in [0.25, 0.3) is 5.91 Å². The fourth-order valence-corrected chi connectivity index (χ4v) is 4.26. The standard InChI is InChI=1S/C17H21N5O2S/c23-15(14-11-18-3-4-19-14)21-6-1-17(2-7-21)12-22(8-9-24-13-17)16-20-5-10-25-16/h3-5,10-11H,1-2,6-9,12-13H2. The number of aromatic nitrogens is 3. The number of thiazole rings is 1. The van der Waals surface area contributed by atoms with Crippen LogP contribution < -0.4 is 4.90 Å². The van der Waals surface area contributed by atoms with Gasteiger partial charge in [-0.15, -0.1) is 11.3 Å². The monoisotopic (exact) mass is 359 g/mol. The summed E-state index contributed by atoms with van der Waals surface area (Å²) in [6.45, 7) is 4.74. The Morgan fingerprint density at radius 1 is 1.16 bits per heavy atom. The molecule has 1 spiro atoms. The second kappa shape index (κ2) is 7.05. The van der Waals surface area contributed by atoms with E-state index in [-0.39, 0.29) is 11.3 Å². The third-order valence-electron chi connectivity index (χ3n) is 5.02. The summed E-state index contributed by atoms with van der Waals surface area (Å²) < 4.78 is 5.91. The fourth-order valence-electron chi connectivity index (χ4n) is 3.59. The highest BCUT2D eigenvalue weighted by Crippen LogP contribution is 2.36. The van der Waals surface area contributed by atoms with Crippen LogP contribution in [0.25, 0.3) is 0 Å². The summed E-state index contributed by atoms with van der Waals surface area (Å²) >= 11 is 1.67. The largest absolute Gasteiger partial charge is 0.379 e. The number of likely N-dealkylation sites (tertiary alicyclic amines) is 1. The molecule has 0 unspecified atom stereocenters. The number of hydrogen-bond donors (Lipinski definition) is 0. The van der Waals surface area contributed by atoms with E-state index in [4.69, 9.17) is 4.74 Å². The van der Waals surface area contributed by atoms with Gasteiger partial charge in [-0.05, 0) is 12.8 Å². The van der Waals surface area contributed by atoms with E-state index < -0.39 is 0 Å². The van der Waals surface area contributed by atoms with E-state index in [1.165, 1.54) is 6.20 Å². The average molecular weight is 359 g/mol. The zero-order chi connectivity index (χ0) is 17.1. The molecular formula is C17H21N5O2S. The smallest absolute Gasteiger partial charge is 0.274 e. The topological polar surface area (TPSA) is 71.5 Å². The van der Waals surface area contributed by atoms with Crippen molar-refractivity contribution >= 4 is 22.4 Å². The maximum Gasteiger partial charge on any atom is 0.274 e. The van der Waals surface area contributed by atoms with E-state index >= 15 is 0 Å². The first-order chi connectivity index (χ1) is 12.3. The predicted molar refractivity (Wildman–Crippen MR) is 94.7 cm³/mol. The molecular weight excluding hydrogens is 338 g/mol. The SMILES string of the molecule is O=C(c1cnccn1)N1CCC2(CC1)COCCN(c1nccs1)C2. The zero-order valence-corrected chi connectivity index (χ0v) is 14.8. The molecule has 0 saturated carbocycles. The lowest BCUT2D eigenvalue weighted by Gasteiger charge is -2.42. The van der Waals surface area contributed by atoms with Gasteiger partial charge in [-0.3, -0.25) is 9.78 Å². The number of rotatable bonds is 2. The summed E-state index contributed by atoms with van der Waals surface area (Å²) in [6, 6.07) is 0. The minimum Gasteiger partial charge on any atom is -0.379 e. The molecule has 8 heteroatoms. The second-order valence-corrected chi connectivity index (χ2v) is 7.54. The number of ether oxygens (including phenoxy) is 1. The highest BCUT2D eigenvalue weighted by atomic mass is 32.1. The Hall–Kier alpha value is -2.06. The summed E-state index contributed by atoms with van der Waals surface area (Å²) in [5.41, 5.74) is 0.501. The van der Waals surface area contributed by atoms with Gasteiger partial charge < -0.3 is 14.5 Å². The molecule has 7 nitrogen and oxygen atoms in total. The molecule has 2 aromatic rings. The van der Waals surface area contributed by atoms with Gasteiger partial charge in [-0.25, -0.2) is 9.97 Å². The summed E-state index contributed by atoms with van der Waals surface area (Å²) in [6.07, 6.45) is 8.38. The van der Waals surface area contributed by atoms with Crippen LogP contribution in [0.4, 0.5) is 5.13 Å². The molecule has 132 valence electrons. The molecule has 0 bridgehead atoms. The highest BCUT2D eigenvalue weighted by Gasteiger charge is 2.39. The van der Waals surface area contributed by atoms with Gasteiger partial charge >= 0.3 is 0 Å². The van der Waals surface area contributed by atoms with Crippen LogP contribution in [-0.4, -0.2) is 65.2 Å². The summed E-state index contributed by atoms with van der Waals surface area (Å²) in [5.74, 6) is -0.0331. The molecule has 4 rings (SSSR count). The first-order valence-electron chi connectivity index (χ1n) is 8.53. The molecule has 2 aliphatic heterocycles. The summed E-state index contributed by atoms with van der Waals surface area (Å²) in [7, 11) is 0. The van der Waals surface area contributed by atoms with Gasteiger partial charge in [0.2, 0.25) is 0 Å². The fraction of sp³-hybridized carbons (Fsp3) is 0.529. The Bertz CT molecular complexity index is 701. The van der Waals surface area contributed by atoms with Crippen LogP contribution >= 0.6 is 11.3 Å².